The van der Waals surface area contributed by atoms with Crippen LogP contribution in [0.25, 0.3) is 0 Å². The molecule has 144 valence electrons. The van der Waals surface area contributed by atoms with E-state index < -0.39 is 17.9 Å². The van der Waals surface area contributed by atoms with Gasteiger partial charge in [0.15, 0.2) is 0 Å². The summed E-state index contributed by atoms with van der Waals surface area (Å²) in [6, 6.07) is 9.23. The van der Waals surface area contributed by atoms with Crippen molar-refractivity contribution in [3.63, 3.8) is 0 Å². The van der Waals surface area contributed by atoms with Crippen LogP contribution in [0.3, 0.4) is 0 Å². The van der Waals surface area contributed by atoms with E-state index in [0.717, 1.165) is 0 Å². The fourth-order valence-electron chi connectivity index (χ4n) is 2.16. The molecule has 0 spiro atoms. The number of rotatable bonds is 8. The van der Waals surface area contributed by atoms with Crippen molar-refractivity contribution in [1.29, 1.82) is 0 Å². The average Bonchev–Trinajstić information content (AvgIpc) is 3.23. The maximum Gasteiger partial charge on any atom is 0.279 e. The summed E-state index contributed by atoms with van der Waals surface area (Å²) in [7, 11) is 1.54. The van der Waals surface area contributed by atoms with Crippen molar-refractivity contribution in [2.24, 2.45) is 0 Å². The number of nitrogens with one attached hydrogen (secondary N) is 3. The fourth-order valence-corrected chi connectivity index (χ4v) is 3.25. The maximum absolute atomic E-state index is 12.4. The molecule has 1 heterocycles. The summed E-state index contributed by atoms with van der Waals surface area (Å²) in [6.07, 6.45) is 2.35. The van der Waals surface area contributed by atoms with Crippen LogP contribution in [0.2, 0.25) is 0 Å². The van der Waals surface area contributed by atoms with Crippen molar-refractivity contribution in [2.45, 2.75) is 12.5 Å². The molecule has 2 aromatic rings. The number of thioether (sulfide) groups is 1. The molecule has 27 heavy (non-hydrogen) atoms. The molecule has 2 rings (SSSR count). The number of carbonyl (C=O) groups is 3. The Morgan fingerprint density at radius 3 is 2.44 bits per heavy atom. The predicted octanol–water partition coefficient (Wildman–Crippen LogP) is 2.07. The lowest BCUT2D eigenvalue weighted by molar-refractivity contribution is -0.123. The second-order valence-corrected chi connectivity index (χ2v) is 7.39. The number of hydrazine groups is 1. The molecule has 0 saturated heterocycles. The summed E-state index contributed by atoms with van der Waals surface area (Å²) in [5, 5.41) is 4.48. The van der Waals surface area contributed by atoms with Crippen LogP contribution in [0.15, 0.2) is 41.8 Å². The van der Waals surface area contributed by atoms with E-state index in [0.29, 0.717) is 28.4 Å². The highest BCUT2D eigenvalue weighted by atomic mass is 32.2. The van der Waals surface area contributed by atoms with Crippen molar-refractivity contribution >= 4 is 40.8 Å². The molecule has 9 heteroatoms. The van der Waals surface area contributed by atoms with E-state index in [-0.39, 0.29) is 5.91 Å². The van der Waals surface area contributed by atoms with Crippen LogP contribution < -0.4 is 20.9 Å². The monoisotopic (exact) mass is 407 g/mol. The van der Waals surface area contributed by atoms with Crippen molar-refractivity contribution in [1.82, 2.24) is 16.2 Å². The molecule has 0 radical (unpaired) electrons. The highest BCUT2D eigenvalue weighted by molar-refractivity contribution is 7.98. The lowest BCUT2D eigenvalue weighted by Gasteiger charge is -2.18. The topological polar surface area (TPSA) is 96.5 Å². The highest BCUT2D eigenvalue weighted by Crippen LogP contribution is 2.12. The van der Waals surface area contributed by atoms with E-state index in [4.69, 9.17) is 4.74 Å². The first kappa shape index (κ1) is 20.8. The number of methoxy groups -OCH3 is 1. The van der Waals surface area contributed by atoms with Crippen LogP contribution in [0.4, 0.5) is 0 Å². The van der Waals surface area contributed by atoms with Gasteiger partial charge in [-0.2, -0.15) is 11.8 Å². The van der Waals surface area contributed by atoms with Gasteiger partial charge in [0.25, 0.3) is 17.7 Å². The minimum absolute atomic E-state index is 0.372. The Morgan fingerprint density at radius 2 is 1.85 bits per heavy atom. The summed E-state index contributed by atoms with van der Waals surface area (Å²) >= 11 is 2.83. The predicted molar refractivity (Wildman–Crippen MR) is 107 cm³/mol. The molecule has 0 aliphatic carbocycles. The Bertz CT molecular complexity index is 763. The number of benzene rings is 1. The molecular formula is C18H21N3O4S2. The van der Waals surface area contributed by atoms with Gasteiger partial charge in [-0.05, 0) is 54.1 Å². The van der Waals surface area contributed by atoms with E-state index in [9.17, 15) is 14.4 Å². The van der Waals surface area contributed by atoms with Crippen LogP contribution in [-0.4, -0.2) is 42.9 Å². The van der Waals surface area contributed by atoms with E-state index in [1.54, 1.807) is 60.6 Å². The van der Waals surface area contributed by atoms with Gasteiger partial charge >= 0.3 is 0 Å². The third-order valence-electron chi connectivity index (χ3n) is 3.63. The van der Waals surface area contributed by atoms with Gasteiger partial charge in [-0.15, -0.1) is 11.3 Å². The van der Waals surface area contributed by atoms with Crippen LogP contribution in [0.5, 0.6) is 5.75 Å². The molecule has 0 bridgehead atoms. The molecule has 0 saturated carbocycles. The molecule has 7 nitrogen and oxygen atoms in total. The first-order valence-corrected chi connectivity index (χ1v) is 10.4. The molecule has 0 aliphatic heterocycles. The minimum atomic E-state index is -0.768. The Morgan fingerprint density at radius 1 is 1.11 bits per heavy atom. The second kappa shape index (κ2) is 10.6. The lowest BCUT2D eigenvalue weighted by Crippen LogP contribution is -2.52. The standard InChI is InChI=1S/C18H21N3O4S2/c1-25-13-7-5-12(6-8-13)16(22)19-14(9-11-26-2)17(23)20-21-18(24)15-4-3-10-27-15/h3-8,10,14H,9,11H2,1-2H3,(H,19,22)(H,20,23)(H,21,24)/t14-/m1/s1. The largest absolute Gasteiger partial charge is 0.497 e. The second-order valence-electron chi connectivity index (χ2n) is 5.46. The molecule has 0 fully saturated rings. The Balaban J connectivity index is 1.96. The Labute approximate surface area is 165 Å². The molecule has 1 atom stereocenters. The third-order valence-corrected chi connectivity index (χ3v) is 5.14. The summed E-state index contributed by atoms with van der Waals surface area (Å²) in [5.74, 6) is 0.0714. The Kier molecular flexibility index (Phi) is 8.15. The number of hydrogen-bond acceptors (Lipinski definition) is 6. The first-order valence-electron chi connectivity index (χ1n) is 8.12. The number of hydrogen-bond donors (Lipinski definition) is 3. The summed E-state index contributed by atoms with van der Waals surface area (Å²) in [5.41, 5.74) is 5.16. The first-order chi connectivity index (χ1) is 13.0. The summed E-state index contributed by atoms with van der Waals surface area (Å²) in [4.78, 5) is 37.3. The van der Waals surface area contributed by atoms with Gasteiger partial charge in [0.05, 0.1) is 12.0 Å². The molecule has 0 aliphatic rings. The van der Waals surface area contributed by atoms with Crippen LogP contribution in [-0.2, 0) is 4.79 Å². The van der Waals surface area contributed by atoms with Gasteiger partial charge in [0, 0.05) is 5.56 Å². The van der Waals surface area contributed by atoms with Gasteiger partial charge in [0.1, 0.15) is 11.8 Å². The van der Waals surface area contributed by atoms with E-state index in [1.165, 1.54) is 11.3 Å². The van der Waals surface area contributed by atoms with Gasteiger partial charge in [-0.3, -0.25) is 25.2 Å². The van der Waals surface area contributed by atoms with Crippen molar-refractivity contribution < 1.29 is 19.1 Å². The molecule has 1 aromatic heterocycles. The van der Waals surface area contributed by atoms with Gasteiger partial charge in [-0.1, -0.05) is 6.07 Å². The Hall–Kier alpha value is -2.52. The minimum Gasteiger partial charge on any atom is -0.497 e. The number of ether oxygens (including phenoxy) is 1. The smallest absolute Gasteiger partial charge is 0.279 e. The van der Waals surface area contributed by atoms with Crippen molar-refractivity contribution in [3.8, 4) is 5.75 Å². The van der Waals surface area contributed by atoms with Crippen LogP contribution in [0.1, 0.15) is 26.5 Å². The van der Waals surface area contributed by atoms with Gasteiger partial charge in [-0.25, -0.2) is 0 Å². The number of carbonyl (C=O) groups excluding carboxylic acids is 3. The van der Waals surface area contributed by atoms with Crippen LogP contribution in [0, 0.1) is 0 Å². The van der Waals surface area contributed by atoms with E-state index >= 15 is 0 Å². The average molecular weight is 408 g/mol. The normalized spacial score (nSPS) is 11.3. The summed E-state index contributed by atoms with van der Waals surface area (Å²) in [6.45, 7) is 0. The molecule has 3 N–H and O–H groups in total. The molecule has 3 amide bonds. The molecule has 1 aromatic carbocycles. The van der Waals surface area contributed by atoms with E-state index in [2.05, 4.69) is 16.2 Å². The van der Waals surface area contributed by atoms with Crippen molar-refractivity contribution in [2.75, 3.05) is 19.1 Å². The zero-order valence-electron chi connectivity index (χ0n) is 15.0. The third kappa shape index (κ3) is 6.30. The molecular weight excluding hydrogens is 386 g/mol. The number of thiophene rings is 1. The van der Waals surface area contributed by atoms with Gasteiger partial charge < -0.3 is 10.1 Å². The fraction of sp³-hybridized carbons (Fsp3) is 0.278. The SMILES string of the molecule is COc1ccc(C(=O)N[C@H](CCSC)C(=O)NNC(=O)c2cccs2)cc1. The zero-order chi connectivity index (χ0) is 19.6. The molecule has 0 unspecified atom stereocenters. The van der Waals surface area contributed by atoms with Crippen molar-refractivity contribution in [3.05, 3.63) is 52.2 Å². The maximum atomic E-state index is 12.4. The van der Waals surface area contributed by atoms with E-state index in [1.807, 2.05) is 6.26 Å². The van der Waals surface area contributed by atoms with Gasteiger partial charge in [0.2, 0.25) is 0 Å². The zero-order valence-corrected chi connectivity index (χ0v) is 16.6. The summed E-state index contributed by atoms with van der Waals surface area (Å²) < 4.78 is 5.07. The number of amides is 3. The quantitative estimate of drug-likeness (QED) is 0.582. The highest BCUT2D eigenvalue weighted by Gasteiger charge is 2.22. The van der Waals surface area contributed by atoms with Crippen LogP contribution >= 0.6 is 23.1 Å². The lowest BCUT2D eigenvalue weighted by atomic mass is 10.1.